The van der Waals surface area contributed by atoms with Gasteiger partial charge in [-0.3, -0.25) is 4.57 Å². The van der Waals surface area contributed by atoms with E-state index >= 15 is 0 Å². The fourth-order valence-corrected chi connectivity index (χ4v) is 7.40. The zero-order chi connectivity index (χ0) is 29.0. The molecule has 0 saturated heterocycles. The molecule has 0 unspecified atom stereocenters. The Morgan fingerprint density at radius 3 is 1.93 bits per heavy atom. The van der Waals surface area contributed by atoms with Crippen LogP contribution < -0.4 is 0 Å². The maximum absolute atomic E-state index is 5.27. The first-order valence-electron chi connectivity index (χ1n) is 14.8. The molecule has 3 nitrogen and oxygen atoms in total. The topological polar surface area (TPSA) is 30.7 Å². The number of fused-ring (bicyclic) bond motifs is 6. The van der Waals surface area contributed by atoms with Crippen molar-refractivity contribution in [1.82, 2.24) is 14.5 Å². The van der Waals surface area contributed by atoms with Crippen LogP contribution in [0.1, 0.15) is 0 Å². The predicted molar refractivity (Wildman–Crippen MR) is 186 cm³/mol. The molecule has 0 saturated carbocycles. The highest BCUT2D eigenvalue weighted by molar-refractivity contribution is 7.18. The van der Waals surface area contributed by atoms with Crippen molar-refractivity contribution in [2.24, 2.45) is 0 Å². The Hall–Kier alpha value is -5.58. The molecule has 4 heteroatoms. The first-order chi connectivity index (χ1) is 21.8. The van der Waals surface area contributed by atoms with Crippen molar-refractivity contribution in [3.63, 3.8) is 0 Å². The molecule has 0 radical (unpaired) electrons. The van der Waals surface area contributed by atoms with Crippen LogP contribution in [-0.4, -0.2) is 14.5 Å². The Bertz CT molecular complexity index is 2490. The van der Waals surface area contributed by atoms with Gasteiger partial charge in [0.2, 0.25) is 5.95 Å². The smallest absolute Gasteiger partial charge is 0.235 e. The van der Waals surface area contributed by atoms with E-state index in [1.54, 1.807) is 0 Å². The summed E-state index contributed by atoms with van der Waals surface area (Å²) >= 11 is 1.83. The molecular weight excluding hydrogens is 555 g/mol. The van der Waals surface area contributed by atoms with Gasteiger partial charge in [0, 0.05) is 31.5 Å². The molecule has 9 aromatic rings. The van der Waals surface area contributed by atoms with Crippen molar-refractivity contribution in [3.05, 3.63) is 152 Å². The van der Waals surface area contributed by atoms with Gasteiger partial charge in [0.1, 0.15) is 0 Å². The molecule has 0 aliphatic carbocycles. The van der Waals surface area contributed by atoms with Crippen molar-refractivity contribution in [1.29, 1.82) is 0 Å². The summed E-state index contributed by atoms with van der Waals surface area (Å²) in [7, 11) is 0. The van der Waals surface area contributed by atoms with Crippen LogP contribution in [0.15, 0.2) is 152 Å². The predicted octanol–water partition coefficient (Wildman–Crippen LogP) is 10.9. The summed E-state index contributed by atoms with van der Waals surface area (Å²) in [6, 6.07) is 53.7. The van der Waals surface area contributed by atoms with Gasteiger partial charge in [0.05, 0.1) is 22.2 Å². The highest BCUT2D eigenvalue weighted by Crippen LogP contribution is 2.41. The van der Waals surface area contributed by atoms with Crippen LogP contribution in [0.5, 0.6) is 0 Å². The molecule has 6 aromatic carbocycles. The lowest BCUT2D eigenvalue weighted by molar-refractivity contribution is 1.01. The molecule has 0 bridgehead atoms. The van der Waals surface area contributed by atoms with E-state index in [2.05, 4.69) is 144 Å². The van der Waals surface area contributed by atoms with E-state index in [-0.39, 0.29) is 0 Å². The average Bonchev–Trinajstić information content (AvgIpc) is 3.72. The molecule has 3 aromatic heterocycles. The fraction of sp³-hybridized carbons (Fsp3) is 0. The van der Waals surface area contributed by atoms with E-state index < -0.39 is 0 Å². The summed E-state index contributed by atoms with van der Waals surface area (Å²) in [4.78, 5) is 12.9. The monoisotopic (exact) mass is 579 g/mol. The third-order valence-electron chi connectivity index (χ3n) is 8.44. The molecule has 44 heavy (non-hydrogen) atoms. The molecule has 0 spiro atoms. The van der Waals surface area contributed by atoms with Crippen molar-refractivity contribution in [2.75, 3.05) is 0 Å². The minimum atomic E-state index is 0.674. The Balaban J connectivity index is 1.33. The maximum atomic E-state index is 5.27. The highest BCUT2D eigenvalue weighted by atomic mass is 32.1. The lowest BCUT2D eigenvalue weighted by atomic mass is 10.0. The van der Waals surface area contributed by atoms with E-state index in [1.807, 2.05) is 23.5 Å². The first-order valence-corrected chi connectivity index (χ1v) is 15.6. The second-order valence-corrected chi connectivity index (χ2v) is 12.1. The van der Waals surface area contributed by atoms with Gasteiger partial charge in [0.25, 0.3) is 0 Å². The molecule has 3 heterocycles. The Labute approximate surface area is 258 Å². The van der Waals surface area contributed by atoms with E-state index in [0.29, 0.717) is 5.95 Å². The van der Waals surface area contributed by atoms with Crippen LogP contribution in [0.3, 0.4) is 0 Å². The van der Waals surface area contributed by atoms with Crippen LogP contribution in [0.25, 0.3) is 81.6 Å². The summed E-state index contributed by atoms with van der Waals surface area (Å²) in [6.07, 6.45) is 0. The van der Waals surface area contributed by atoms with Gasteiger partial charge in [-0.2, -0.15) is 0 Å². The molecule has 206 valence electrons. The van der Waals surface area contributed by atoms with Crippen molar-refractivity contribution < 1.29 is 0 Å². The molecule has 0 amide bonds. The number of hydrogen-bond donors (Lipinski definition) is 0. The summed E-state index contributed by atoms with van der Waals surface area (Å²) < 4.78 is 2.24. The van der Waals surface area contributed by atoms with Crippen molar-refractivity contribution >= 4 is 54.8 Å². The lowest BCUT2D eigenvalue weighted by Gasteiger charge is -2.12. The first kappa shape index (κ1) is 25.0. The lowest BCUT2D eigenvalue weighted by Crippen LogP contribution is -2.03. The number of rotatable bonds is 4. The van der Waals surface area contributed by atoms with Crippen LogP contribution in [0, 0.1) is 0 Å². The standard InChI is InChI=1S/C40H25N3S/c1-3-12-27(13-4-1)36-23-24-37(44-36)29-20-21-34-32(25-29)38-30-16-8-7-11-26(30)19-22-35(38)43(34)40-41-33-18-10-9-17-31(33)39(42-40)28-14-5-2-6-15-28/h1-25H. The van der Waals surface area contributed by atoms with Crippen molar-refractivity contribution in [3.8, 4) is 38.1 Å². The summed E-state index contributed by atoms with van der Waals surface area (Å²) in [5, 5.41) is 5.91. The molecule has 0 fully saturated rings. The molecule has 0 atom stereocenters. The minimum Gasteiger partial charge on any atom is -0.278 e. The van der Waals surface area contributed by atoms with Gasteiger partial charge < -0.3 is 0 Å². The number of aromatic nitrogens is 3. The zero-order valence-corrected chi connectivity index (χ0v) is 24.5. The molecular formula is C40H25N3S. The van der Waals surface area contributed by atoms with Crippen LogP contribution in [-0.2, 0) is 0 Å². The number of para-hydroxylation sites is 1. The zero-order valence-electron chi connectivity index (χ0n) is 23.7. The summed E-state index contributed by atoms with van der Waals surface area (Å²) in [5.41, 5.74) is 7.58. The van der Waals surface area contributed by atoms with E-state index in [1.165, 1.54) is 42.4 Å². The molecule has 0 N–H and O–H groups in total. The molecule has 9 rings (SSSR count). The van der Waals surface area contributed by atoms with Gasteiger partial charge >= 0.3 is 0 Å². The van der Waals surface area contributed by atoms with Gasteiger partial charge in [-0.1, -0.05) is 115 Å². The fourth-order valence-electron chi connectivity index (χ4n) is 6.39. The minimum absolute atomic E-state index is 0.674. The van der Waals surface area contributed by atoms with Gasteiger partial charge in [-0.15, -0.1) is 11.3 Å². The van der Waals surface area contributed by atoms with Gasteiger partial charge in [-0.05, 0) is 58.3 Å². The Kier molecular flexibility index (Phi) is 5.68. The number of thiophene rings is 1. The molecule has 0 aliphatic heterocycles. The second-order valence-electron chi connectivity index (χ2n) is 11.0. The van der Waals surface area contributed by atoms with E-state index in [4.69, 9.17) is 9.97 Å². The van der Waals surface area contributed by atoms with Crippen LogP contribution in [0.4, 0.5) is 0 Å². The second kappa shape index (κ2) is 10.0. The quantitative estimate of drug-likeness (QED) is 0.208. The normalized spacial score (nSPS) is 11.6. The Morgan fingerprint density at radius 2 is 1.11 bits per heavy atom. The van der Waals surface area contributed by atoms with E-state index in [9.17, 15) is 0 Å². The summed E-state index contributed by atoms with van der Waals surface area (Å²) in [6.45, 7) is 0. The number of hydrogen-bond acceptors (Lipinski definition) is 3. The SMILES string of the molecule is c1ccc(-c2ccc(-c3ccc4c(c3)c3c5ccccc5ccc3n4-c3nc(-c4ccccc4)c4ccccc4n3)s2)cc1. The molecule has 0 aliphatic rings. The highest BCUT2D eigenvalue weighted by Gasteiger charge is 2.19. The van der Waals surface area contributed by atoms with Gasteiger partial charge in [-0.25, -0.2) is 9.97 Å². The Morgan fingerprint density at radius 1 is 0.455 bits per heavy atom. The summed E-state index contributed by atoms with van der Waals surface area (Å²) in [5.74, 6) is 0.674. The van der Waals surface area contributed by atoms with Gasteiger partial charge in [0.15, 0.2) is 0 Å². The van der Waals surface area contributed by atoms with Crippen LogP contribution >= 0.6 is 11.3 Å². The third-order valence-corrected chi connectivity index (χ3v) is 9.63. The average molecular weight is 580 g/mol. The number of nitrogens with zero attached hydrogens (tertiary/aromatic N) is 3. The van der Waals surface area contributed by atoms with E-state index in [0.717, 1.165) is 33.2 Å². The number of benzene rings is 6. The van der Waals surface area contributed by atoms with Crippen molar-refractivity contribution in [2.45, 2.75) is 0 Å². The maximum Gasteiger partial charge on any atom is 0.235 e. The largest absolute Gasteiger partial charge is 0.278 e. The third kappa shape index (κ3) is 3.96. The van der Waals surface area contributed by atoms with Crippen LogP contribution in [0.2, 0.25) is 0 Å².